The first-order chi connectivity index (χ1) is 16.5. The standard InChI is InChI=1S/C24H34O8S2/c1-5-23(25)31-21(15-27-10-12-33-3)17-29-19-8-7-9-20(14-19)30-18-22(32-24(26)6-2)16-28-11-13-34-4/h5-9,14,21-22H,1-2,10-13,15-18H2,3-4H3. The van der Waals surface area contributed by atoms with Gasteiger partial charge in [0.25, 0.3) is 0 Å². The Balaban J connectivity index is 2.63. The number of thioether (sulfide) groups is 2. The minimum absolute atomic E-state index is 0.102. The molecule has 0 amide bonds. The van der Waals surface area contributed by atoms with Gasteiger partial charge in [-0.15, -0.1) is 0 Å². The molecule has 1 aromatic carbocycles. The van der Waals surface area contributed by atoms with Crippen LogP contribution in [0.3, 0.4) is 0 Å². The third-order valence-electron chi connectivity index (χ3n) is 4.05. The maximum absolute atomic E-state index is 11.6. The van der Waals surface area contributed by atoms with Gasteiger partial charge in [0.05, 0.1) is 26.4 Å². The van der Waals surface area contributed by atoms with E-state index in [-0.39, 0.29) is 26.4 Å². The first-order valence-electron chi connectivity index (χ1n) is 10.7. The van der Waals surface area contributed by atoms with Crippen molar-refractivity contribution in [2.45, 2.75) is 12.2 Å². The van der Waals surface area contributed by atoms with Crippen molar-refractivity contribution in [3.05, 3.63) is 49.6 Å². The van der Waals surface area contributed by atoms with Crippen LogP contribution in [0.15, 0.2) is 49.6 Å². The van der Waals surface area contributed by atoms with E-state index in [0.29, 0.717) is 24.7 Å². The Kier molecular flexibility index (Phi) is 16.9. The molecule has 0 bridgehead atoms. The fourth-order valence-electron chi connectivity index (χ4n) is 2.40. The fourth-order valence-corrected chi connectivity index (χ4v) is 2.97. The van der Waals surface area contributed by atoms with E-state index in [4.69, 9.17) is 28.4 Å². The van der Waals surface area contributed by atoms with Gasteiger partial charge in [-0.25, -0.2) is 9.59 Å². The summed E-state index contributed by atoms with van der Waals surface area (Å²) in [6.45, 7) is 8.55. The Labute approximate surface area is 210 Å². The molecule has 0 saturated carbocycles. The molecule has 190 valence electrons. The van der Waals surface area contributed by atoms with E-state index in [2.05, 4.69) is 13.2 Å². The van der Waals surface area contributed by atoms with E-state index >= 15 is 0 Å². The first-order valence-corrected chi connectivity index (χ1v) is 13.5. The van der Waals surface area contributed by atoms with E-state index in [0.717, 1.165) is 23.7 Å². The molecule has 10 heteroatoms. The summed E-state index contributed by atoms with van der Waals surface area (Å²) >= 11 is 3.33. The van der Waals surface area contributed by atoms with Crippen molar-refractivity contribution < 1.29 is 38.0 Å². The van der Waals surface area contributed by atoms with Crippen molar-refractivity contribution in [1.29, 1.82) is 0 Å². The minimum atomic E-state index is -0.585. The van der Waals surface area contributed by atoms with Gasteiger partial charge in [0, 0.05) is 29.7 Å². The summed E-state index contributed by atoms with van der Waals surface area (Å²) in [5, 5.41) is 0. The fraction of sp³-hybridized carbons (Fsp3) is 0.500. The van der Waals surface area contributed by atoms with Crippen LogP contribution >= 0.6 is 23.5 Å². The Hall–Kier alpha value is -2.14. The van der Waals surface area contributed by atoms with Crippen LogP contribution in [0.25, 0.3) is 0 Å². The molecule has 0 heterocycles. The topological polar surface area (TPSA) is 89.5 Å². The van der Waals surface area contributed by atoms with Gasteiger partial charge in [-0.3, -0.25) is 0 Å². The van der Waals surface area contributed by atoms with Gasteiger partial charge in [-0.05, 0) is 24.6 Å². The molecular weight excluding hydrogens is 480 g/mol. The van der Waals surface area contributed by atoms with Gasteiger partial charge >= 0.3 is 11.9 Å². The van der Waals surface area contributed by atoms with Gasteiger partial charge in [0.1, 0.15) is 24.7 Å². The van der Waals surface area contributed by atoms with Crippen LogP contribution in [0.2, 0.25) is 0 Å². The van der Waals surface area contributed by atoms with Crippen molar-refractivity contribution in [1.82, 2.24) is 0 Å². The third kappa shape index (κ3) is 14.2. The highest BCUT2D eigenvalue weighted by Gasteiger charge is 2.16. The summed E-state index contributed by atoms with van der Waals surface area (Å²) in [5.41, 5.74) is 0. The predicted molar refractivity (Wildman–Crippen MR) is 136 cm³/mol. The normalized spacial score (nSPS) is 12.3. The molecule has 0 aromatic heterocycles. The smallest absolute Gasteiger partial charge is 0.330 e. The predicted octanol–water partition coefficient (Wildman–Crippen LogP) is 3.40. The van der Waals surface area contributed by atoms with Crippen molar-refractivity contribution >= 4 is 35.5 Å². The zero-order valence-corrected chi connectivity index (χ0v) is 21.4. The quantitative estimate of drug-likeness (QED) is 0.147. The number of rotatable bonds is 20. The molecule has 0 fully saturated rings. The number of carbonyl (C=O) groups is 2. The maximum Gasteiger partial charge on any atom is 0.330 e. The number of esters is 2. The molecule has 0 aliphatic heterocycles. The molecule has 34 heavy (non-hydrogen) atoms. The molecule has 2 atom stereocenters. The molecule has 0 N–H and O–H groups in total. The van der Waals surface area contributed by atoms with Crippen LogP contribution in [-0.4, -0.2) is 87.8 Å². The maximum atomic E-state index is 11.6. The van der Waals surface area contributed by atoms with E-state index in [9.17, 15) is 9.59 Å². The van der Waals surface area contributed by atoms with E-state index in [1.54, 1.807) is 47.8 Å². The molecule has 0 saturated heterocycles. The molecule has 0 aliphatic carbocycles. The molecule has 0 spiro atoms. The van der Waals surface area contributed by atoms with Gasteiger partial charge < -0.3 is 28.4 Å². The Morgan fingerprint density at radius 1 is 0.824 bits per heavy atom. The second-order valence-electron chi connectivity index (χ2n) is 6.76. The van der Waals surface area contributed by atoms with Crippen LogP contribution < -0.4 is 9.47 Å². The first kappa shape index (κ1) is 29.9. The monoisotopic (exact) mass is 514 g/mol. The lowest BCUT2D eigenvalue weighted by atomic mass is 10.3. The highest BCUT2D eigenvalue weighted by molar-refractivity contribution is 7.98. The molecule has 2 unspecified atom stereocenters. The minimum Gasteiger partial charge on any atom is -0.489 e. The number of hydrogen-bond acceptors (Lipinski definition) is 10. The summed E-state index contributed by atoms with van der Waals surface area (Å²) < 4.78 is 33.3. The lowest BCUT2D eigenvalue weighted by Crippen LogP contribution is -2.30. The van der Waals surface area contributed by atoms with Crippen LogP contribution in [-0.2, 0) is 28.5 Å². The van der Waals surface area contributed by atoms with Crippen molar-refractivity contribution in [3.63, 3.8) is 0 Å². The van der Waals surface area contributed by atoms with E-state index < -0.39 is 24.1 Å². The average Bonchev–Trinajstić information content (AvgIpc) is 2.85. The molecule has 1 rings (SSSR count). The lowest BCUT2D eigenvalue weighted by molar-refractivity contribution is -0.148. The van der Waals surface area contributed by atoms with Crippen molar-refractivity contribution in [3.8, 4) is 11.5 Å². The summed E-state index contributed by atoms with van der Waals surface area (Å²) in [4.78, 5) is 23.2. The molecule has 8 nitrogen and oxygen atoms in total. The van der Waals surface area contributed by atoms with Crippen LogP contribution in [0, 0.1) is 0 Å². The zero-order valence-electron chi connectivity index (χ0n) is 19.8. The summed E-state index contributed by atoms with van der Waals surface area (Å²) in [7, 11) is 0. The van der Waals surface area contributed by atoms with Gasteiger partial charge in [-0.1, -0.05) is 19.2 Å². The number of hydrogen-bond donors (Lipinski definition) is 0. The van der Waals surface area contributed by atoms with Crippen molar-refractivity contribution in [2.75, 3.05) is 63.7 Å². The molecular formula is C24H34O8S2. The SMILES string of the molecule is C=CC(=O)OC(COCCSC)COc1cccc(OCC(COCCSC)OC(=O)C=C)c1. The van der Waals surface area contributed by atoms with Crippen LogP contribution in [0.1, 0.15) is 0 Å². The third-order valence-corrected chi connectivity index (χ3v) is 5.20. The Bertz CT molecular complexity index is 686. The van der Waals surface area contributed by atoms with E-state index in [1.165, 1.54) is 0 Å². The average molecular weight is 515 g/mol. The summed E-state index contributed by atoms with van der Waals surface area (Å²) in [6.07, 6.45) is 5.01. The second-order valence-corrected chi connectivity index (χ2v) is 8.73. The van der Waals surface area contributed by atoms with Crippen LogP contribution in [0.4, 0.5) is 0 Å². The second kappa shape index (κ2) is 19.2. The largest absolute Gasteiger partial charge is 0.489 e. The summed E-state index contributed by atoms with van der Waals surface area (Å²) in [6, 6.07) is 6.98. The highest BCUT2D eigenvalue weighted by atomic mass is 32.2. The molecule has 0 aliphatic rings. The summed E-state index contributed by atoms with van der Waals surface area (Å²) in [5.74, 6) is 1.65. The molecule has 1 aromatic rings. The number of benzene rings is 1. The Morgan fingerprint density at radius 2 is 1.26 bits per heavy atom. The highest BCUT2D eigenvalue weighted by Crippen LogP contribution is 2.20. The lowest BCUT2D eigenvalue weighted by Gasteiger charge is -2.19. The zero-order chi connectivity index (χ0) is 25.0. The van der Waals surface area contributed by atoms with Gasteiger partial charge in [-0.2, -0.15) is 23.5 Å². The van der Waals surface area contributed by atoms with Crippen LogP contribution in [0.5, 0.6) is 11.5 Å². The van der Waals surface area contributed by atoms with E-state index in [1.807, 2.05) is 12.5 Å². The van der Waals surface area contributed by atoms with Gasteiger partial charge in [0.2, 0.25) is 0 Å². The number of ether oxygens (including phenoxy) is 6. The van der Waals surface area contributed by atoms with Crippen molar-refractivity contribution in [2.24, 2.45) is 0 Å². The Morgan fingerprint density at radius 3 is 1.65 bits per heavy atom. The van der Waals surface area contributed by atoms with Gasteiger partial charge in [0.15, 0.2) is 12.2 Å². The molecule has 0 radical (unpaired) electrons. The number of carbonyl (C=O) groups excluding carboxylic acids is 2.